The van der Waals surface area contributed by atoms with Crippen LogP contribution in [0.4, 0.5) is 5.69 Å². The number of hydrogen-bond donors (Lipinski definition) is 2. The Morgan fingerprint density at radius 3 is 2.72 bits per heavy atom. The highest BCUT2D eigenvalue weighted by molar-refractivity contribution is 9.10. The highest BCUT2D eigenvalue weighted by atomic mass is 79.9. The smallest absolute Gasteiger partial charge is 0.335 e. The number of aromatic nitrogens is 1. The van der Waals surface area contributed by atoms with E-state index >= 15 is 0 Å². The number of carboxylic acids is 1. The number of nitrogens with zero attached hydrogens (tertiary/aromatic N) is 2. The number of carboxylic acid groups (broad SMARTS) is 1. The maximum absolute atomic E-state index is 11.6. The molecule has 1 heterocycles. The van der Waals surface area contributed by atoms with Crippen molar-refractivity contribution in [1.82, 2.24) is 4.57 Å². The number of carbonyl (C=O) groups is 1. The monoisotopic (exact) mass is 320 g/mol. The van der Waals surface area contributed by atoms with Crippen LogP contribution in [-0.2, 0) is 11.3 Å². The summed E-state index contributed by atoms with van der Waals surface area (Å²) < 4.78 is 1.19. The quantitative estimate of drug-likeness (QED) is 0.596. The zero-order valence-corrected chi connectivity index (χ0v) is 10.5. The molecule has 98 valence electrons. The van der Waals surface area contributed by atoms with Crippen LogP contribution in [0.1, 0.15) is 6.42 Å². The van der Waals surface area contributed by atoms with Crippen LogP contribution >= 0.6 is 15.9 Å². The first-order chi connectivity index (χ1) is 8.31. The number of halogens is 1. The molecule has 0 aliphatic heterocycles. The second kappa shape index (κ2) is 5.74. The van der Waals surface area contributed by atoms with Gasteiger partial charge in [-0.2, -0.15) is 0 Å². The zero-order chi connectivity index (χ0) is 13.9. The average Bonchev–Trinajstić information content (AvgIpc) is 2.21. The number of pyridine rings is 1. The lowest BCUT2D eigenvalue weighted by Crippen LogP contribution is -2.29. The Bertz CT molecular complexity index is 540. The highest BCUT2D eigenvalue weighted by Crippen LogP contribution is 2.14. The van der Waals surface area contributed by atoms with Gasteiger partial charge in [0.2, 0.25) is 0 Å². The lowest BCUT2D eigenvalue weighted by molar-refractivity contribution is -0.386. The molecule has 1 atom stereocenters. The van der Waals surface area contributed by atoms with Crippen molar-refractivity contribution in [1.29, 1.82) is 0 Å². The lowest BCUT2D eigenvalue weighted by atomic mass is 10.2. The van der Waals surface area contributed by atoms with E-state index in [1.807, 2.05) is 0 Å². The number of aliphatic hydroxyl groups is 1. The second-order valence-corrected chi connectivity index (χ2v) is 4.43. The van der Waals surface area contributed by atoms with Crippen molar-refractivity contribution in [3.63, 3.8) is 0 Å². The van der Waals surface area contributed by atoms with E-state index in [-0.39, 0.29) is 11.0 Å². The molecule has 0 saturated carbocycles. The third-order valence-electron chi connectivity index (χ3n) is 2.05. The van der Waals surface area contributed by atoms with Gasteiger partial charge in [-0.25, -0.2) is 0 Å². The summed E-state index contributed by atoms with van der Waals surface area (Å²) >= 11 is 2.99. The number of aliphatic hydroxyl groups excluding tert-OH is 1. The molecule has 0 radical (unpaired) electrons. The minimum atomic E-state index is -1.30. The summed E-state index contributed by atoms with van der Waals surface area (Å²) in [5.74, 6) is -1.22. The van der Waals surface area contributed by atoms with E-state index in [1.165, 1.54) is 6.20 Å². The summed E-state index contributed by atoms with van der Waals surface area (Å²) in [4.78, 5) is 31.8. The Balaban J connectivity index is 3.06. The van der Waals surface area contributed by atoms with Crippen molar-refractivity contribution >= 4 is 27.6 Å². The average molecular weight is 321 g/mol. The minimum absolute atomic E-state index is 0.288. The summed E-state index contributed by atoms with van der Waals surface area (Å²) in [6.45, 7) is -0.328. The summed E-state index contributed by atoms with van der Waals surface area (Å²) in [5, 5.41) is 28.5. The van der Waals surface area contributed by atoms with Gasteiger partial charge >= 0.3 is 17.2 Å². The van der Waals surface area contributed by atoms with E-state index in [2.05, 4.69) is 15.9 Å². The molecule has 0 bridgehead atoms. The molecule has 1 unspecified atom stereocenters. The Hall–Kier alpha value is -1.74. The van der Waals surface area contributed by atoms with Crippen LogP contribution in [0.25, 0.3) is 0 Å². The fourth-order valence-electron chi connectivity index (χ4n) is 1.34. The van der Waals surface area contributed by atoms with E-state index in [0.29, 0.717) is 0 Å². The van der Waals surface area contributed by atoms with E-state index in [4.69, 9.17) is 5.11 Å². The summed E-state index contributed by atoms with van der Waals surface area (Å²) in [6, 6.07) is 1.04. The number of aliphatic carboxylic acids is 1. The van der Waals surface area contributed by atoms with Crippen molar-refractivity contribution in [3.8, 4) is 0 Å². The molecule has 1 aromatic heterocycles. The van der Waals surface area contributed by atoms with Crippen molar-refractivity contribution in [2.75, 3.05) is 0 Å². The number of hydrogen-bond acceptors (Lipinski definition) is 5. The first-order valence-corrected chi connectivity index (χ1v) is 5.54. The van der Waals surface area contributed by atoms with Crippen molar-refractivity contribution in [2.45, 2.75) is 19.1 Å². The van der Waals surface area contributed by atoms with Crippen LogP contribution in [-0.4, -0.2) is 31.8 Å². The summed E-state index contributed by atoms with van der Waals surface area (Å²) in [5.41, 5.74) is -1.54. The molecule has 0 fully saturated rings. The standard InChI is InChI=1S/C9H9BrN2O6/c10-5-1-7(12(17)18)9(16)11(3-5)4-6(13)2-8(14)15/h1,3,6,13H,2,4H2,(H,14,15). The van der Waals surface area contributed by atoms with Crippen LogP contribution in [0, 0.1) is 10.1 Å². The lowest BCUT2D eigenvalue weighted by Gasteiger charge is -2.10. The minimum Gasteiger partial charge on any atom is -0.481 e. The largest absolute Gasteiger partial charge is 0.481 e. The molecule has 0 aliphatic rings. The predicted octanol–water partition coefficient (Wildman–Crippen LogP) is 0.355. The molecule has 0 amide bonds. The van der Waals surface area contributed by atoms with Crippen LogP contribution in [0.2, 0.25) is 0 Å². The summed E-state index contributed by atoms with van der Waals surface area (Å²) in [6.07, 6.45) is -0.596. The second-order valence-electron chi connectivity index (χ2n) is 3.51. The predicted molar refractivity (Wildman–Crippen MR) is 63.3 cm³/mol. The Morgan fingerprint density at radius 1 is 1.61 bits per heavy atom. The number of nitro groups is 1. The molecule has 2 N–H and O–H groups in total. The van der Waals surface area contributed by atoms with Gasteiger partial charge in [-0.05, 0) is 15.9 Å². The van der Waals surface area contributed by atoms with E-state index in [1.54, 1.807) is 0 Å². The van der Waals surface area contributed by atoms with Gasteiger partial charge in [0, 0.05) is 16.7 Å². The third-order valence-corrected chi connectivity index (χ3v) is 2.48. The molecule has 0 saturated heterocycles. The van der Waals surface area contributed by atoms with Crippen LogP contribution in [0.3, 0.4) is 0 Å². The Kier molecular flexibility index (Phi) is 4.56. The molecule has 1 aromatic rings. The van der Waals surface area contributed by atoms with E-state index in [0.717, 1.165) is 10.6 Å². The van der Waals surface area contributed by atoms with Gasteiger partial charge in [0.25, 0.3) is 0 Å². The SMILES string of the molecule is O=C(O)CC(O)Cn1cc(Br)cc([N+](=O)[O-])c1=O. The van der Waals surface area contributed by atoms with Gasteiger partial charge in [-0.1, -0.05) is 0 Å². The van der Waals surface area contributed by atoms with Gasteiger partial charge in [0.1, 0.15) is 0 Å². The summed E-state index contributed by atoms with van der Waals surface area (Å²) in [7, 11) is 0. The highest BCUT2D eigenvalue weighted by Gasteiger charge is 2.18. The van der Waals surface area contributed by atoms with Crippen LogP contribution < -0.4 is 5.56 Å². The van der Waals surface area contributed by atoms with Crippen LogP contribution in [0.5, 0.6) is 0 Å². The van der Waals surface area contributed by atoms with Gasteiger partial charge < -0.3 is 14.8 Å². The normalized spacial score (nSPS) is 12.1. The molecular formula is C9H9BrN2O6. The first kappa shape index (κ1) is 14.3. The Labute approximate surface area is 109 Å². The number of rotatable bonds is 5. The molecule has 0 aromatic carbocycles. The molecular weight excluding hydrogens is 312 g/mol. The van der Waals surface area contributed by atoms with Gasteiger partial charge in [0.05, 0.1) is 24.0 Å². The fraction of sp³-hybridized carbons (Fsp3) is 0.333. The van der Waals surface area contributed by atoms with Gasteiger partial charge in [-0.3, -0.25) is 19.7 Å². The van der Waals surface area contributed by atoms with Crippen molar-refractivity contribution < 1.29 is 19.9 Å². The molecule has 0 aliphatic carbocycles. The Morgan fingerprint density at radius 2 is 2.22 bits per heavy atom. The van der Waals surface area contributed by atoms with Crippen LogP contribution in [0.15, 0.2) is 21.5 Å². The topological polar surface area (TPSA) is 123 Å². The van der Waals surface area contributed by atoms with Gasteiger partial charge in [0.15, 0.2) is 0 Å². The molecule has 9 heteroatoms. The zero-order valence-electron chi connectivity index (χ0n) is 8.95. The molecule has 0 spiro atoms. The molecule has 1 rings (SSSR count). The maximum Gasteiger partial charge on any atom is 0.335 e. The maximum atomic E-state index is 11.6. The van der Waals surface area contributed by atoms with E-state index < -0.39 is 34.7 Å². The molecule has 8 nitrogen and oxygen atoms in total. The van der Waals surface area contributed by atoms with Crippen molar-refractivity contribution in [2.24, 2.45) is 0 Å². The molecule has 18 heavy (non-hydrogen) atoms. The van der Waals surface area contributed by atoms with Gasteiger partial charge in [-0.15, -0.1) is 0 Å². The third kappa shape index (κ3) is 3.64. The van der Waals surface area contributed by atoms with Crippen molar-refractivity contribution in [3.05, 3.63) is 37.2 Å². The first-order valence-electron chi connectivity index (χ1n) is 4.75. The fourth-order valence-corrected chi connectivity index (χ4v) is 1.81. The van der Waals surface area contributed by atoms with E-state index in [9.17, 15) is 24.8 Å².